The number of aromatic nitrogens is 3. The lowest BCUT2D eigenvalue weighted by molar-refractivity contribution is -0.127. The summed E-state index contributed by atoms with van der Waals surface area (Å²) in [5, 5.41) is 10.8. The molecule has 4 aromatic rings. The molecule has 2 aliphatic heterocycles. The number of carbonyl (C=O) groups excluding carboxylic acids is 1. The molecule has 0 bridgehead atoms. The van der Waals surface area contributed by atoms with E-state index >= 15 is 8.78 Å². The van der Waals surface area contributed by atoms with Gasteiger partial charge in [0.25, 0.3) is 0 Å². The number of carbonyl (C=O) groups is 1. The topological polar surface area (TPSA) is 91.6 Å². The van der Waals surface area contributed by atoms with Crippen molar-refractivity contribution >= 4 is 46.0 Å². The fourth-order valence-corrected chi connectivity index (χ4v) is 7.89. The minimum absolute atomic E-state index is 0.106. The first-order valence-corrected chi connectivity index (χ1v) is 15.6. The van der Waals surface area contributed by atoms with E-state index in [1.165, 1.54) is 34.5 Å². The Morgan fingerprint density at radius 3 is 2.66 bits per heavy atom. The SMILES string of the molecule is C=CC(=O)N1CC(C)N2c3nc(=O)n(-c4c(C)ccnc4C(C)C)c4c(Cl)c(-c5c(O)cccc5F)c(F)c(c34)SCC2C1. The first kappa shape index (κ1) is 30.1. The van der Waals surface area contributed by atoms with Crippen LogP contribution in [-0.4, -0.2) is 61.4 Å². The molecule has 44 heavy (non-hydrogen) atoms. The van der Waals surface area contributed by atoms with Crippen molar-refractivity contribution in [1.29, 1.82) is 0 Å². The Kier molecular flexibility index (Phi) is 7.65. The average molecular weight is 638 g/mol. The summed E-state index contributed by atoms with van der Waals surface area (Å²) in [4.78, 5) is 39.7. The average Bonchev–Trinajstić information content (AvgIpc) is 3.14. The maximum Gasteiger partial charge on any atom is 0.354 e. The number of phenols is 1. The molecule has 4 heterocycles. The quantitative estimate of drug-likeness (QED) is 0.266. The van der Waals surface area contributed by atoms with E-state index in [-0.39, 0.29) is 50.7 Å². The predicted octanol–water partition coefficient (Wildman–Crippen LogP) is 6.21. The molecule has 2 aliphatic rings. The van der Waals surface area contributed by atoms with Crippen molar-refractivity contribution in [2.75, 3.05) is 23.7 Å². The smallest absolute Gasteiger partial charge is 0.354 e. The van der Waals surface area contributed by atoms with E-state index in [1.54, 1.807) is 17.2 Å². The molecule has 0 radical (unpaired) electrons. The van der Waals surface area contributed by atoms with Gasteiger partial charge in [-0.3, -0.25) is 14.3 Å². The lowest BCUT2D eigenvalue weighted by atomic mass is 9.99. The second-order valence-electron chi connectivity index (χ2n) is 11.4. The molecule has 0 saturated carbocycles. The largest absolute Gasteiger partial charge is 0.507 e. The monoisotopic (exact) mass is 637 g/mol. The molecule has 12 heteroatoms. The minimum Gasteiger partial charge on any atom is -0.507 e. The summed E-state index contributed by atoms with van der Waals surface area (Å²) in [6.45, 7) is 11.9. The molecule has 1 saturated heterocycles. The fourth-order valence-electron chi connectivity index (χ4n) is 6.35. The highest BCUT2D eigenvalue weighted by atomic mass is 35.5. The molecule has 6 rings (SSSR count). The number of benzene rings is 2. The van der Waals surface area contributed by atoms with Crippen molar-refractivity contribution in [3.8, 4) is 22.6 Å². The molecule has 2 aromatic heterocycles. The van der Waals surface area contributed by atoms with Gasteiger partial charge in [-0.15, -0.1) is 11.8 Å². The maximum absolute atomic E-state index is 16.9. The number of hydrogen-bond acceptors (Lipinski definition) is 7. The van der Waals surface area contributed by atoms with E-state index in [2.05, 4.69) is 16.5 Å². The Labute approximate surface area is 262 Å². The number of anilines is 1. The number of pyridine rings is 1. The van der Waals surface area contributed by atoms with Gasteiger partial charge in [-0.05, 0) is 49.6 Å². The van der Waals surface area contributed by atoms with Crippen LogP contribution in [0.4, 0.5) is 14.6 Å². The molecule has 2 unspecified atom stereocenters. The number of halogens is 3. The summed E-state index contributed by atoms with van der Waals surface area (Å²) in [5.74, 6) is -1.97. The van der Waals surface area contributed by atoms with Crippen LogP contribution in [0.3, 0.4) is 0 Å². The Morgan fingerprint density at radius 1 is 1.23 bits per heavy atom. The summed E-state index contributed by atoms with van der Waals surface area (Å²) in [6, 6.07) is 4.81. The van der Waals surface area contributed by atoms with Crippen LogP contribution in [-0.2, 0) is 4.79 Å². The highest BCUT2D eigenvalue weighted by molar-refractivity contribution is 7.99. The molecule has 0 aliphatic carbocycles. The molecule has 2 atom stereocenters. The summed E-state index contributed by atoms with van der Waals surface area (Å²) in [7, 11) is 0. The molecular weight excluding hydrogens is 608 g/mol. The van der Waals surface area contributed by atoms with Crippen LogP contribution >= 0.6 is 23.4 Å². The van der Waals surface area contributed by atoms with Crippen molar-refractivity contribution in [1.82, 2.24) is 19.4 Å². The predicted molar refractivity (Wildman–Crippen MR) is 169 cm³/mol. The minimum atomic E-state index is -0.871. The van der Waals surface area contributed by atoms with Gasteiger partial charge >= 0.3 is 5.69 Å². The van der Waals surface area contributed by atoms with E-state index in [4.69, 9.17) is 11.6 Å². The normalized spacial score (nSPS) is 18.0. The molecule has 1 N–H and O–H groups in total. The lowest BCUT2D eigenvalue weighted by Crippen LogP contribution is -2.60. The Balaban J connectivity index is 1.78. The number of fused-ring (bicyclic) bond motifs is 2. The second kappa shape index (κ2) is 11.2. The fraction of sp³-hybridized carbons (Fsp3) is 0.312. The Morgan fingerprint density at radius 2 is 1.98 bits per heavy atom. The van der Waals surface area contributed by atoms with E-state index in [0.717, 1.165) is 6.07 Å². The van der Waals surface area contributed by atoms with Crippen LogP contribution in [0.1, 0.15) is 37.9 Å². The van der Waals surface area contributed by atoms with Crippen molar-refractivity contribution in [3.63, 3.8) is 0 Å². The van der Waals surface area contributed by atoms with E-state index in [0.29, 0.717) is 41.2 Å². The van der Waals surface area contributed by atoms with E-state index in [1.807, 2.05) is 32.6 Å². The standard InChI is InChI=1S/C32H30ClF2N5O3S/c1-6-21(42)38-12-17(5)39-18(13-38)14-44-30-24-29(25(33)23(26(30)35)22-19(34)8-7-9-20(22)41)40(32(43)37-31(24)39)28-16(4)10-11-36-27(28)15(2)3/h6-11,15,17-18,41H,1,12-14H2,2-5H3. The van der Waals surface area contributed by atoms with Gasteiger partial charge in [-0.1, -0.05) is 38.1 Å². The van der Waals surface area contributed by atoms with Crippen molar-refractivity contribution in [3.05, 3.63) is 81.5 Å². The van der Waals surface area contributed by atoms with Crippen LogP contribution in [0.25, 0.3) is 27.7 Å². The Hall–Kier alpha value is -3.96. The molecule has 8 nitrogen and oxygen atoms in total. The summed E-state index contributed by atoms with van der Waals surface area (Å²) < 4.78 is 33.5. The zero-order valence-electron chi connectivity index (χ0n) is 24.6. The first-order chi connectivity index (χ1) is 21.0. The van der Waals surface area contributed by atoms with Gasteiger partial charge in [0.1, 0.15) is 23.2 Å². The van der Waals surface area contributed by atoms with Gasteiger partial charge in [-0.2, -0.15) is 4.98 Å². The number of amides is 1. The highest BCUT2D eigenvalue weighted by Crippen LogP contribution is 2.50. The number of aryl methyl sites for hydroxylation is 1. The van der Waals surface area contributed by atoms with E-state index in [9.17, 15) is 14.7 Å². The zero-order valence-corrected chi connectivity index (χ0v) is 26.1. The third kappa shape index (κ3) is 4.56. The van der Waals surface area contributed by atoms with Crippen LogP contribution in [0, 0.1) is 18.6 Å². The van der Waals surface area contributed by atoms with Crippen LogP contribution in [0.15, 0.2) is 52.8 Å². The van der Waals surface area contributed by atoms with Gasteiger partial charge in [0.05, 0.1) is 43.8 Å². The van der Waals surface area contributed by atoms with Crippen molar-refractivity contribution in [2.24, 2.45) is 0 Å². The molecular formula is C32H30ClF2N5O3S. The molecule has 0 spiro atoms. The molecule has 228 valence electrons. The van der Waals surface area contributed by atoms with Crippen molar-refractivity contribution in [2.45, 2.75) is 50.6 Å². The van der Waals surface area contributed by atoms with E-state index < -0.39 is 28.6 Å². The second-order valence-corrected chi connectivity index (χ2v) is 12.8. The van der Waals surface area contributed by atoms with Gasteiger partial charge in [0.15, 0.2) is 0 Å². The molecule has 1 amide bonds. The number of thioether (sulfide) groups is 1. The lowest BCUT2D eigenvalue weighted by Gasteiger charge is -2.45. The zero-order chi connectivity index (χ0) is 31.6. The van der Waals surface area contributed by atoms with Gasteiger partial charge in [-0.25, -0.2) is 13.6 Å². The highest BCUT2D eigenvalue weighted by Gasteiger charge is 2.40. The molecule has 2 aromatic carbocycles. The Bertz CT molecular complexity index is 1910. The van der Waals surface area contributed by atoms with Gasteiger partial charge in [0.2, 0.25) is 5.91 Å². The number of hydrogen-bond donors (Lipinski definition) is 1. The molecule has 1 fully saturated rings. The number of aromatic hydroxyl groups is 1. The summed E-state index contributed by atoms with van der Waals surface area (Å²) in [5.41, 5.74) is 0.474. The first-order valence-electron chi connectivity index (χ1n) is 14.2. The number of piperazine rings is 1. The van der Waals surface area contributed by atoms with Gasteiger partial charge in [0, 0.05) is 36.6 Å². The third-order valence-electron chi connectivity index (χ3n) is 8.25. The van der Waals surface area contributed by atoms with Crippen molar-refractivity contribution < 1.29 is 18.7 Å². The van der Waals surface area contributed by atoms with Crippen LogP contribution < -0.4 is 10.6 Å². The summed E-state index contributed by atoms with van der Waals surface area (Å²) >= 11 is 8.27. The van der Waals surface area contributed by atoms with Crippen LogP contribution in [0.5, 0.6) is 5.75 Å². The number of phenolic OH excluding ortho intramolecular Hbond substituents is 1. The number of nitrogens with zero attached hydrogens (tertiary/aromatic N) is 5. The third-order valence-corrected chi connectivity index (χ3v) is 9.84. The maximum atomic E-state index is 16.9. The van der Waals surface area contributed by atoms with Gasteiger partial charge < -0.3 is 14.9 Å². The summed E-state index contributed by atoms with van der Waals surface area (Å²) in [6.07, 6.45) is 2.91. The number of rotatable bonds is 4. The van der Waals surface area contributed by atoms with Crippen LogP contribution in [0.2, 0.25) is 5.02 Å².